The van der Waals surface area contributed by atoms with Crippen molar-refractivity contribution in [3.63, 3.8) is 0 Å². The number of phenolic OH excluding ortho intramolecular Hbond substituents is 3. The fraction of sp³-hybridized carbons (Fsp3) is 0.143. The molecule has 4 aromatic rings. The van der Waals surface area contributed by atoms with Gasteiger partial charge in [0.05, 0.1) is 0 Å². The van der Waals surface area contributed by atoms with Crippen molar-refractivity contribution in [3.8, 4) is 28.7 Å². The minimum atomic E-state index is 0.0778. The second-order valence-corrected chi connectivity index (χ2v) is 7.92. The van der Waals surface area contributed by atoms with Gasteiger partial charge in [-0.3, -0.25) is 0 Å². The summed E-state index contributed by atoms with van der Waals surface area (Å²) < 4.78 is 6.04. The molecule has 0 aliphatic rings. The van der Waals surface area contributed by atoms with E-state index in [0.29, 0.717) is 0 Å². The van der Waals surface area contributed by atoms with E-state index in [-0.39, 0.29) is 17.2 Å². The van der Waals surface area contributed by atoms with Gasteiger partial charge in [-0.05, 0) is 96.5 Å². The highest BCUT2D eigenvalue weighted by atomic mass is 16.5. The van der Waals surface area contributed by atoms with E-state index in [1.54, 1.807) is 24.3 Å². The van der Waals surface area contributed by atoms with E-state index < -0.39 is 0 Å². The van der Waals surface area contributed by atoms with Crippen LogP contribution in [-0.2, 0) is 25.7 Å². The highest BCUT2D eigenvalue weighted by molar-refractivity contribution is 5.38. The standard InChI is InChI=1S/C28H26O4/c29-24-12-8-20(9-13-24)4-6-22-2-1-3-28(18-22)32-27-14-10-21(11-15-27)5-7-23-16-25(30)19-26(31)17-23/h1-3,8-19,29-31H,4-7H2. The molecule has 0 saturated carbocycles. The van der Waals surface area contributed by atoms with Gasteiger partial charge < -0.3 is 20.1 Å². The monoisotopic (exact) mass is 426 g/mol. The molecule has 0 amide bonds. The molecule has 0 spiro atoms. The van der Waals surface area contributed by atoms with Gasteiger partial charge in [0.2, 0.25) is 0 Å². The Bertz CT molecular complexity index is 1140. The molecule has 32 heavy (non-hydrogen) atoms. The lowest BCUT2D eigenvalue weighted by Crippen LogP contribution is -1.93. The number of aryl methyl sites for hydroxylation is 4. The fourth-order valence-electron chi connectivity index (χ4n) is 3.67. The highest BCUT2D eigenvalue weighted by Crippen LogP contribution is 2.25. The molecule has 0 atom stereocenters. The van der Waals surface area contributed by atoms with Crippen LogP contribution in [0.25, 0.3) is 0 Å². The largest absolute Gasteiger partial charge is 0.508 e. The number of hydrogen-bond donors (Lipinski definition) is 3. The molecule has 0 radical (unpaired) electrons. The number of benzene rings is 4. The van der Waals surface area contributed by atoms with E-state index in [0.717, 1.165) is 48.3 Å². The van der Waals surface area contributed by atoms with Crippen molar-refractivity contribution in [1.29, 1.82) is 0 Å². The summed E-state index contributed by atoms with van der Waals surface area (Å²) in [5.41, 5.74) is 4.43. The first kappa shape index (κ1) is 21.3. The molecule has 0 aliphatic carbocycles. The first-order valence-corrected chi connectivity index (χ1v) is 10.7. The van der Waals surface area contributed by atoms with E-state index in [2.05, 4.69) is 12.1 Å². The lowest BCUT2D eigenvalue weighted by Gasteiger charge is -2.09. The maximum absolute atomic E-state index is 9.60. The average Bonchev–Trinajstić information content (AvgIpc) is 2.78. The Morgan fingerprint density at radius 2 is 1.00 bits per heavy atom. The first-order valence-electron chi connectivity index (χ1n) is 10.7. The summed E-state index contributed by atoms with van der Waals surface area (Å²) >= 11 is 0. The molecule has 4 aromatic carbocycles. The summed E-state index contributed by atoms with van der Waals surface area (Å²) in [6, 6.07) is 28.1. The third kappa shape index (κ3) is 6.05. The van der Waals surface area contributed by atoms with Crippen molar-refractivity contribution >= 4 is 0 Å². The summed E-state index contributed by atoms with van der Waals surface area (Å²) in [5, 5.41) is 28.6. The summed E-state index contributed by atoms with van der Waals surface area (Å²) in [5.74, 6) is 2.02. The lowest BCUT2D eigenvalue weighted by molar-refractivity contribution is 0.449. The van der Waals surface area contributed by atoms with Gasteiger partial charge in [0, 0.05) is 6.07 Å². The van der Waals surface area contributed by atoms with Gasteiger partial charge in [-0.1, -0.05) is 36.4 Å². The zero-order valence-electron chi connectivity index (χ0n) is 17.7. The smallest absolute Gasteiger partial charge is 0.127 e. The van der Waals surface area contributed by atoms with Gasteiger partial charge in [0.15, 0.2) is 0 Å². The molecule has 0 unspecified atom stereocenters. The molecule has 4 heteroatoms. The maximum Gasteiger partial charge on any atom is 0.127 e. The van der Waals surface area contributed by atoms with Crippen LogP contribution in [0.4, 0.5) is 0 Å². The lowest BCUT2D eigenvalue weighted by atomic mass is 10.0. The van der Waals surface area contributed by atoms with Crippen LogP contribution in [0.15, 0.2) is 91.0 Å². The third-order valence-electron chi connectivity index (χ3n) is 5.36. The van der Waals surface area contributed by atoms with Crippen LogP contribution in [0.2, 0.25) is 0 Å². The Morgan fingerprint density at radius 3 is 1.66 bits per heavy atom. The molecule has 0 aromatic heterocycles. The Hall–Kier alpha value is -3.92. The first-order chi connectivity index (χ1) is 15.5. The summed E-state index contributed by atoms with van der Waals surface area (Å²) in [6.45, 7) is 0. The fourth-order valence-corrected chi connectivity index (χ4v) is 3.67. The molecule has 0 bridgehead atoms. The molecule has 0 aliphatic heterocycles. The van der Waals surface area contributed by atoms with E-state index in [9.17, 15) is 15.3 Å². The number of ether oxygens (including phenoxy) is 1. The second-order valence-electron chi connectivity index (χ2n) is 7.92. The molecule has 3 N–H and O–H groups in total. The van der Waals surface area contributed by atoms with Gasteiger partial charge in [0.1, 0.15) is 28.7 Å². The Balaban J connectivity index is 1.32. The van der Waals surface area contributed by atoms with Gasteiger partial charge in [-0.25, -0.2) is 0 Å². The topological polar surface area (TPSA) is 69.9 Å². The molecule has 162 valence electrons. The van der Waals surface area contributed by atoms with Gasteiger partial charge in [-0.2, -0.15) is 0 Å². The maximum atomic E-state index is 9.60. The van der Waals surface area contributed by atoms with Gasteiger partial charge in [-0.15, -0.1) is 0 Å². The molecule has 0 heterocycles. The zero-order chi connectivity index (χ0) is 22.3. The summed E-state index contributed by atoms with van der Waals surface area (Å²) in [6.07, 6.45) is 3.32. The van der Waals surface area contributed by atoms with Crippen LogP contribution in [0, 0.1) is 0 Å². The summed E-state index contributed by atoms with van der Waals surface area (Å²) in [7, 11) is 0. The van der Waals surface area contributed by atoms with Crippen LogP contribution >= 0.6 is 0 Å². The van der Waals surface area contributed by atoms with E-state index in [1.807, 2.05) is 48.5 Å². The van der Waals surface area contributed by atoms with Gasteiger partial charge in [0.25, 0.3) is 0 Å². The van der Waals surface area contributed by atoms with E-state index in [1.165, 1.54) is 17.2 Å². The Labute approximate surface area is 188 Å². The zero-order valence-corrected chi connectivity index (χ0v) is 17.7. The number of aromatic hydroxyl groups is 3. The van der Waals surface area contributed by atoms with Crippen molar-refractivity contribution in [2.45, 2.75) is 25.7 Å². The van der Waals surface area contributed by atoms with Crippen LogP contribution in [0.3, 0.4) is 0 Å². The second kappa shape index (κ2) is 9.92. The van der Waals surface area contributed by atoms with Crippen molar-refractivity contribution in [2.24, 2.45) is 0 Å². The Kier molecular flexibility index (Phi) is 6.61. The average molecular weight is 427 g/mol. The normalized spacial score (nSPS) is 10.8. The predicted octanol–water partition coefficient (Wildman–Crippen LogP) is 6.17. The van der Waals surface area contributed by atoms with E-state index >= 15 is 0 Å². The van der Waals surface area contributed by atoms with Crippen LogP contribution in [0.1, 0.15) is 22.3 Å². The minimum absolute atomic E-state index is 0.0778. The number of phenols is 3. The molecular weight excluding hydrogens is 400 g/mol. The molecular formula is C28H26O4. The third-order valence-corrected chi connectivity index (χ3v) is 5.36. The van der Waals surface area contributed by atoms with Crippen LogP contribution in [0.5, 0.6) is 28.7 Å². The van der Waals surface area contributed by atoms with E-state index in [4.69, 9.17) is 4.74 Å². The number of hydrogen-bond acceptors (Lipinski definition) is 4. The summed E-state index contributed by atoms with van der Waals surface area (Å²) in [4.78, 5) is 0. The highest BCUT2D eigenvalue weighted by Gasteiger charge is 2.04. The molecule has 4 nitrogen and oxygen atoms in total. The van der Waals surface area contributed by atoms with Gasteiger partial charge >= 0.3 is 0 Å². The van der Waals surface area contributed by atoms with Crippen LogP contribution < -0.4 is 4.74 Å². The number of rotatable bonds is 8. The quantitative estimate of drug-likeness (QED) is 0.315. The molecule has 4 rings (SSSR count). The van der Waals surface area contributed by atoms with Crippen molar-refractivity contribution < 1.29 is 20.1 Å². The van der Waals surface area contributed by atoms with Crippen molar-refractivity contribution in [2.75, 3.05) is 0 Å². The molecule has 0 fully saturated rings. The predicted molar refractivity (Wildman–Crippen MR) is 126 cm³/mol. The van der Waals surface area contributed by atoms with Crippen molar-refractivity contribution in [1.82, 2.24) is 0 Å². The molecule has 0 saturated heterocycles. The van der Waals surface area contributed by atoms with Crippen LogP contribution in [-0.4, -0.2) is 15.3 Å². The Morgan fingerprint density at radius 1 is 0.438 bits per heavy atom. The van der Waals surface area contributed by atoms with Crippen molar-refractivity contribution in [3.05, 3.63) is 113 Å². The minimum Gasteiger partial charge on any atom is -0.508 e. The SMILES string of the molecule is Oc1ccc(CCc2cccc(Oc3ccc(CCc4cc(O)cc(O)c4)cc3)c2)cc1.